The van der Waals surface area contributed by atoms with Gasteiger partial charge >= 0.3 is 0 Å². The Morgan fingerprint density at radius 2 is 0.944 bits per heavy atom. The van der Waals surface area contributed by atoms with Crippen LogP contribution in [0.3, 0.4) is 0 Å². The van der Waals surface area contributed by atoms with Crippen LogP contribution >= 0.6 is 0 Å². The number of benzene rings is 2. The number of hydrogen-bond donors (Lipinski definition) is 6. The minimum Gasteiger partial charge on any atom is -0.347 e. The molecule has 16 nitrogen and oxygen atoms in total. The summed E-state index contributed by atoms with van der Waals surface area (Å²) < 4.78 is 0. The molecular weight excluding hydrogens is 913 g/mol. The van der Waals surface area contributed by atoms with Crippen molar-refractivity contribution in [2.75, 3.05) is 27.2 Å². The zero-order valence-corrected chi connectivity index (χ0v) is 44.2. The van der Waals surface area contributed by atoms with E-state index < -0.39 is 70.7 Å². The third kappa shape index (κ3) is 13.6. The van der Waals surface area contributed by atoms with Gasteiger partial charge in [0.25, 0.3) is 0 Å². The summed E-state index contributed by atoms with van der Waals surface area (Å²) in [5, 5.41) is 18.1. The Kier molecular flexibility index (Phi) is 18.4. The molecule has 2 saturated heterocycles. The number of likely N-dealkylation sites (tertiary alicyclic amines) is 2. The van der Waals surface area contributed by atoms with Crippen LogP contribution in [0.1, 0.15) is 141 Å². The summed E-state index contributed by atoms with van der Waals surface area (Å²) in [5.74, 6) is -3.71. The molecule has 2 heterocycles. The first kappa shape index (κ1) is 55.6. The number of likely N-dealkylation sites (N-methyl/N-ethyl adjacent to an activating group) is 2. The predicted molar refractivity (Wildman–Crippen MR) is 276 cm³/mol. The molecule has 2 aliphatic carbocycles. The van der Waals surface area contributed by atoms with E-state index in [4.69, 9.17) is 0 Å². The molecule has 2 aliphatic heterocycles. The number of nitrogens with one attached hydrogen (secondary N) is 6. The number of nitrogens with zero attached hydrogens (tertiary/aromatic N) is 2. The van der Waals surface area contributed by atoms with Crippen LogP contribution < -0.4 is 31.9 Å². The van der Waals surface area contributed by atoms with Crippen molar-refractivity contribution in [3.63, 3.8) is 0 Å². The minimum absolute atomic E-state index is 0.0305. The lowest BCUT2D eigenvalue weighted by Gasteiger charge is -2.36. The van der Waals surface area contributed by atoms with Gasteiger partial charge in [-0.15, -0.1) is 0 Å². The molecule has 72 heavy (non-hydrogen) atoms. The lowest BCUT2D eigenvalue weighted by molar-refractivity contribution is -0.144. The van der Waals surface area contributed by atoms with Gasteiger partial charge in [-0.25, -0.2) is 0 Å². The normalized spacial score (nSPS) is 23.8. The maximum atomic E-state index is 14.6. The zero-order chi connectivity index (χ0) is 52.7. The van der Waals surface area contributed by atoms with Gasteiger partial charge in [-0.05, 0) is 136 Å². The summed E-state index contributed by atoms with van der Waals surface area (Å²) >= 11 is 0. The number of hydrogen-bond acceptors (Lipinski definition) is 10. The Balaban J connectivity index is 1.17. The van der Waals surface area contributed by atoms with Crippen LogP contribution in [0.2, 0.25) is 0 Å². The maximum Gasteiger partial charge on any atom is 0.246 e. The first-order chi connectivity index (χ1) is 34.0. The van der Waals surface area contributed by atoms with E-state index in [9.17, 15) is 38.4 Å². The number of ketones is 2. The van der Waals surface area contributed by atoms with E-state index in [1.54, 1.807) is 27.9 Å². The fourth-order valence-electron chi connectivity index (χ4n) is 10.8. The summed E-state index contributed by atoms with van der Waals surface area (Å²) in [6, 6.07) is 10.7. The standard InChI is InChI=1S/C56H80N8O8/c1-33(57-9)49(67)61-47(55(3,4)5)53(71)63-31-35(29-45(63)51(69)59-43-23-15-19-37-17-11-13-21-41(37)43)27-39(65)25-26-40(66)28-36-30-46(52(70)60-44-24-16-20-38-18-12-14-22-42(38)44)64(32-36)54(72)48(56(6,7)8)62-50(68)34(2)58-10/h11-14,17-18,21-22,25-26,33-36,43-48,57-58H,15-16,19-20,23-24,27-32H2,1-10H3,(H,59,69)(H,60,70)(H,61,67)(H,62,68)/b26-25-/t33-,34-,35-,36-,43+,44+,45-,46-,47+,48+/m0/s1. The van der Waals surface area contributed by atoms with Crippen molar-refractivity contribution >= 4 is 47.0 Å². The van der Waals surface area contributed by atoms with Crippen LogP contribution in [0.4, 0.5) is 0 Å². The van der Waals surface area contributed by atoms with Crippen molar-refractivity contribution in [2.24, 2.45) is 22.7 Å². The van der Waals surface area contributed by atoms with E-state index in [1.165, 1.54) is 33.1 Å². The third-order valence-corrected chi connectivity index (χ3v) is 15.2. The molecule has 6 N–H and O–H groups in total. The third-order valence-electron chi connectivity index (χ3n) is 15.2. The monoisotopic (exact) mass is 993 g/mol. The Labute approximate surface area is 426 Å². The van der Waals surface area contributed by atoms with Gasteiger partial charge in [-0.3, -0.25) is 38.4 Å². The lowest BCUT2D eigenvalue weighted by atomic mass is 9.85. The molecule has 6 rings (SSSR count). The largest absolute Gasteiger partial charge is 0.347 e. The quantitative estimate of drug-likeness (QED) is 0.115. The second kappa shape index (κ2) is 23.9. The molecule has 2 aromatic rings. The Hall–Kier alpha value is -5.74. The average molecular weight is 993 g/mol. The van der Waals surface area contributed by atoms with Crippen molar-refractivity contribution in [2.45, 2.75) is 168 Å². The Bertz CT molecular complexity index is 2210. The van der Waals surface area contributed by atoms with E-state index >= 15 is 0 Å². The van der Waals surface area contributed by atoms with Crippen LogP contribution in [0.5, 0.6) is 0 Å². The van der Waals surface area contributed by atoms with Crippen LogP contribution in [-0.2, 0) is 51.2 Å². The minimum atomic E-state index is -0.963. The van der Waals surface area contributed by atoms with E-state index in [0.29, 0.717) is 0 Å². The molecular formula is C56H80N8O8. The highest BCUT2D eigenvalue weighted by molar-refractivity contribution is 6.00. The highest BCUT2D eigenvalue weighted by atomic mass is 16.2. The van der Waals surface area contributed by atoms with Crippen LogP contribution in [0.15, 0.2) is 60.7 Å². The highest BCUT2D eigenvalue weighted by Crippen LogP contribution is 2.36. The highest BCUT2D eigenvalue weighted by Gasteiger charge is 2.48. The molecule has 4 aliphatic rings. The Morgan fingerprint density at radius 1 is 0.583 bits per heavy atom. The SMILES string of the molecule is CN[C@@H](C)C(=O)N[C@H](C(=O)N1C[C@@H](CC(=O)/C=C\C(=O)C[C@H]2C[C@@H](C(=O)N[C@@H]3CCCc4ccccc43)N(C(=O)[C@@H](NC(=O)[C@H](C)NC)C(C)(C)C)C2)C[C@H]1C(=O)N[C@@H]1CCCc2ccccc21)C(C)(C)C. The molecule has 10 atom stereocenters. The number of rotatable bonds is 18. The molecule has 0 saturated carbocycles. The van der Waals surface area contributed by atoms with Gasteiger partial charge in [0.15, 0.2) is 11.6 Å². The van der Waals surface area contributed by atoms with Gasteiger partial charge in [0.1, 0.15) is 24.2 Å². The molecule has 2 aromatic carbocycles. The van der Waals surface area contributed by atoms with Crippen molar-refractivity contribution in [1.82, 2.24) is 41.7 Å². The first-order valence-electron chi connectivity index (χ1n) is 26.1. The lowest BCUT2D eigenvalue weighted by Crippen LogP contribution is -2.59. The second-order valence-electron chi connectivity index (χ2n) is 22.8. The van der Waals surface area contributed by atoms with Gasteiger partial charge in [-0.2, -0.15) is 0 Å². The predicted octanol–water partition coefficient (Wildman–Crippen LogP) is 4.56. The molecule has 0 radical (unpaired) electrons. The van der Waals surface area contributed by atoms with Crippen molar-refractivity contribution < 1.29 is 38.4 Å². The number of aryl methyl sites for hydroxylation is 2. The van der Waals surface area contributed by atoms with Crippen molar-refractivity contribution in [3.8, 4) is 0 Å². The van der Waals surface area contributed by atoms with Gasteiger partial charge < -0.3 is 41.7 Å². The molecule has 0 bridgehead atoms. The average Bonchev–Trinajstić information content (AvgIpc) is 3.97. The molecule has 0 aromatic heterocycles. The van der Waals surface area contributed by atoms with E-state index in [2.05, 4.69) is 44.0 Å². The van der Waals surface area contributed by atoms with Gasteiger partial charge in [0.2, 0.25) is 35.4 Å². The Morgan fingerprint density at radius 3 is 1.29 bits per heavy atom. The van der Waals surface area contributed by atoms with Gasteiger partial charge in [0, 0.05) is 25.9 Å². The summed E-state index contributed by atoms with van der Waals surface area (Å²) in [5.41, 5.74) is 3.01. The van der Waals surface area contributed by atoms with Gasteiger partial charge in [-0.1, -0.05) is 90.1 Å². The van der Waals surface area contributed by atoms with E-state index in [-0.39, 0.29) is 86.1 Å². The smallest absolute Gasteiger partial charge is 0.246 e. The topological polar surface area (TPSA) is 215 Å². The number of carbonyl (C=O) groups is 8. The molecule has 392 valence electrons. The number of fused-ring (bicyclic) bond motifs is 2. The molecule has 0 spiro atoms. The fraction of sp³-hybridized carbons (Fsp3) is 0.607. The maximum absolute atomic E-state index is 14.6. The van der Waals surface area contributed by atoms with Crippen LogP contribution in [0, 0.1) is 22.7 Å². The van der Waals surface area contributed by atoms with Crippen molar-refractivity contribution in [3.05, 3.63) is 82.9 Å². The number of carbonyl (C=O) groups excluding carboxylic acids is 8. The molecule has 0 unspecified atom stereocenters. The summed E-state index contributed by atoms with van der Waals surface area (Å²) in [7, 11) is 3.32. The van der Waals surface area contributed by atoms with Crippen LogP contribution in [-0.4, -0.2) is 120 Å². The summed E-state index contributed by atoms with van der Waals surface area (Å²) in [6.07, 6.45) is 7.97. The second-order valence-corrected chi connectivity index (χ2v) is 22.8. The van der Waals surface area contributed by atoms with Crippen molar-refractivity contribution in [1.29, 1.82) is 0 Å². The molecule has 2 fully saturated rings. The summed E-state index contributed by atoms with van der Waals surface area (Å²) in [6.45, 7) is 14.7. The van der Waals surface area contributed by atoms with Gasteiger partial charge in [0.05, 0.1) is 24.2 Å². The van der Waals surface area contributed by atoms with E-state index in [1.807, 2.05) is 77.9 Å². The zero-order valence-electron chi connectivity index (χ0n) is 44.2. The number of amides is 6. The van der Waals surface area contributed by atoms with Crippen LogP contribution in [0.25, 0.3) is 0 Å². The fourth-order valence-corrected chi connectivity index (χ4v) is 10.8. The number of allylic oxidation sites excluding steroid dienone is 2. The first-order valence-corrected chi connectivity index (χ1v) is 26.1. The molecule has 6 amide bonds. The van der Waals surface area contributed by atoms with E-state index in [0.717, 1.165) is 49.7 Å². The summed E-state index contributed by atoms with van der Waals surface area (Å²) in [4.78, 5) is 115. The molecule has 16 heteroatoms.